The van der Waals surface area contributed by atoms with Crippen LogP contribution in [-0.4, -0.2) is 50.6 Å². The Morgan fingerprint density at radius 2 is 1.94 bits per heavy atom. The van der Waals surface area contributed by atoms with Gasteiger partial charge in [0.1, 0.15) is 5.75 Å². The van der Waals surface area contributed by atoms with Gasteiger partial charge in [-0.1, -0.05) is 18.2 Å². The SMILES string of the molecule is CCOc1cc(CN(C)C(=O)C2CC(=O)N(c3ccccc3OC)C2)ccc1OC(F)F. The lowest BCUT2D eigenvalue weighted by Gasteiger charge is -2.23. The minimum absolute atomic E-state index is 0.0616. The van der Waals surface area contributed by atoms with Gasteiger partial charge in [-0.15, -0.1) is 0 Å². The van der Waals surface area contributed by atoms with Crippen LogP contribution in [0.2, 0.25) is 0 Å². The van der Waals surface area contributed by atoms with Gasteiger partial charge in [-0.25, -0.2) is 0 Å². The zero-order valence-electron chi connectivity index (χ0n) is 18.2. The van der Waals surface area contributed by atoms with Crippen LogP contribution in [0.4, 0.5) is 14.5 Å². The number of hydrogen-bond donors (Lipinski definition) is 0. The normalized spacial score (nSPS) is 15.8. The summed E-state index contributed by atoms with van der Waals surface area (Å²) in [7, 11) is 3.17. The van der Waals surface area contributed by atoms with Crippen LogP contribution in [0.3, 0.4) is 0 Å². The molecule has 172 valence electrons. The minimum Gasteiger partial charge on any atom is -0.495 e. The quantitative estimate of drug-likeness (QED) is 0.585. The van der Waals surface area contributed by atoms with Crippen LogP contribution in [0.25, 0.3) is 0 Å². The minimum atomic E-state index is -2.96. The van der Waals surface area contributed by atoms with E-state index in [1.165, 1.54) is 18.1 Å². The van der Waals surface area contributed by atoms with Crippen molar-refractivity contribution in [1.82, 2.24) is 4.90 Å². The number of alkyl halides is 2. The highest BCUT2D eigenvalue weighted by Crippen LogP contribution is 2.34. The number of methoxy groups -OCH3 is 1. The number of carbonyl (C=O) groups is 2. The molecule has 0 aromatic heterocycles. The standard InChI is InChI=1S/C23H26F2N2O5/c1-4-31-20-11-15(9-10-19(20)32-23(24)25)13-26(2)22(29)16-12-21(28)27(14-16)17-7-5-6-8-18(17)30-3/h5-11,16,23H,4,12-14H2,1-3H3. The molecule has 0 saturated carbocycles. The van der Waals surface area contributed by atoms with Gasteiger partial charge in [-0.3, -0.25) is 9.59 Å². The first-order valence-electron chi connectivity index (χ1n) is 10.2. The van der Waals surface area contributed by atoms with E-state index in [2.05, 4.69) is 4.74 Å². The highest BCUT2D eigenvalue weighted by atomic mass is 19.3. The first kappa shape index (κ1) is 23.3. The largest absolute Gasteiger partial charge is 0.495 e. The third-order valence-electron chi connectivity index (χ3n) is 5.17. The molecule has 0 aliphatic carbocycles. The summed E-state index contributed by atoms with van der Waals surface area (Å²) in [6, 6.07) is 11.7. The van der Waals surface area contributed by atoms with E-state index < -0.39 is 12.5 Å². The summed E-state index contributed by atoms with van der Waals surface area (Å²) < 4.78 is 40.4. The predicted molar refractivity (Wildman–Crippen MR) is 114 cm³/mol. The zero-order chi connectivity index (χ0) is 23.3. The third kappa shape index (κ3) is 5.27. The van der Waals surface area contributed by atoms with Crippen LogP contribution in [-0.2, 0) is 16.1 Å². The molecule has 3 rings (SSSR count). The summed E-state index contributed by atoms with van der Waals surface area (Å²) in [5.41, 5.74) is 1.32. The fraction of sp³-hybridized carbons (Fsp3) is 0.391. The van der Waals surface area contributed by atoms with Gasteiger partial charge < -0.3 is 24.0 Å². The summed E-state index contributed by atoms with van der Waals surface area (Å²) in [5.74, 6) is -0.130. The summed E-state index contributed by atoms with van der Waals surface area (Å²) in [6.45, 7) is -0.462. The van der Waals surface area contributed by atoms with Crippen molar-refractivity contribution in [2.75, 3.05) is 32.2 Å². The van der Waals surface area contributed by atoms with E-state index in [-0.39, 0.29) is 49.4 Å². The molecule has 1 fully saturated rings. The Morgan fingerprint density at radius 1 is 1.19 bits per heavy atom. The smallest absolute Gasteiger partial charge is 0.387 e. The van der Waals surface area contributed by atoms with Crippen LogP contribution in [0, 0.1) is 5.92 Å². The van der Waals surface area contributed by atoms with Gasteiger partial charge in [0.25, 0.3) is 0 Å². The summed E-state index contributed by atoms with van der Waals surface area (Å²) >= 11 is 0. The van der Waals surface area contributed by atoms with Gasteiger partial charge in [-0.2, -0.15) is 8.78 Å². The van der Waals surface area contributed by atoms with Crippen molar-refractivity contribution in [3.63, 3.8) is 0 Å². The predicted octanol–water partition coefficient (Wildman–Crippen LogP) is 3.71. The summed E-state index contributed by atoms with van der Waals surface area (Å²) in [6.07, 6.45) is 0.104. The van der Waals surface area contributed by atoms with E-state index in [0.717, 1.165) is 0 Å². The van der Waals surface area contributed by atoms with E-state index >= 15 is 0 Å². The number of anilines is 1. The number of benzene rings is 2. The van der Waals surface area contributed by atoms with E-state index in [1.54, 1.807) is 43.1 Å². The van der Waals surface area contributed by atoms with Gasteiger partial charge >= 0.3 is 6.61 Å². The second kappa shape index (κ2) is 10.3. The monoisotopic (exact) mass is 448 g/mol. The Morgan fingerprint density at radius 3 is 2.62 bits per heavy atom. The zero-order valence-corrected chi connectivity index (χ0v) is 18.2. The molecule has 1 heterocycles. The number of carbonyl (C=O) groups excluding carboxylic acids is 2. The fourth-order valence-electron chi connectivity index (χ4n) is 3.73. The van der Waals surface area contributed by atoms with E-state index in [1.807, 2.05) is 12.1 Å². The van der Waals surface area contributed by atoms with Crippen molar-refractivity contribution in [2.24, 2.45) is 5.92 Å². The Balaban J connectivity index is 1.69. The molecule has 0 radical (unpaired) electrons. The average Bonchev–Trinajstić information content (AvgIpc) is 3.16. The molecule has 1 saturated heterocycles. The van der Waals surface area contributed by atoms with Crippen molar-refractivity contribution < 1.29 is 32.6 Å². The van der Waals surface area contributed by atoms with Crippen molar-refractivity contribution in [1.29, 1.82) is 0 Å². The molecule has 7 nitrogen and oxygen atoms in total. The number of hydrogen-bond acceptors (Lipinski definition) is 5. The molecule has 32 heavy (non-hydrogen) atoms. The molecule has 9 heteroatoms. The van der Waals surface area contributed by atoms with Gasteiger partial charge in [0.05, 0.1) is 25.3 Å². The van der Waals surface area contributed by atoms with Crippen LogP contribution in [0.5, 0.6) is 17.2 Å². The lowest BCUT2D eigenvalue weighted by molar-refractivity contribution is -0.135. The maximum Gasteiger partial charge on any atom is 0.387 e. The Labute approximate surface area is 185 Å². The maximum absolute atomic E-state index is 13.0. The number of nitrogens with zero attached hydrogens (tertiary/aromatic N) is 2. The lowest BCUT2D eigenvalue weighted by atomic mass is 10.1. The maximum atomic E-state index is 13.0. The van der Waals surface area contributed by atoms with Crippen molar-refractivity contribution >= 4 is 17.5 Å². The second-order valence-electron chi connectivity index (χ2n) is 7.36. The van der Waals surface area contributed by atoms with Gasteiger partial charge in [0.15, 0.2) is 11.5 Å². The van der Waals surface area contributed by atoms with Crippen molar-refractivity contribution in [2.45, 2.75) is 26.5 Å². The molecular weight excluding hydrogens is 422 g/mol. The molecule has 1 atom stereocenters. The Hall–Kier alpha value is -3.36. The lowest BCUT2D eigenvalue weighted by Crippen LogP contribution is -2.34. The van der Waals surface area contributed by atoms with Crippen LogP contribution < -0.4 is 19.1 Å². The summed E-state index contributed by atoms with van der Waals surface area (Å²) in [5, 5.41) is 0. The molecule has 0 bridgehead atoms. The summed E-state index contributed by atoms with van der Waals surface area (Å²) in [4.78, 5) is 28.7. The molecule has 2 amide bonds. The highest BCUT2D eigenvalue weighted by molar-refractivity contribution is 6.01. The molecule has 0 spiro atoms. The first-order chi connectivity index (χ1) is 15.3. The first-order valence-corrected chi connectivity index (χ1v) is 10.2. The van der Waals surface area contributed by atoms with Crippen molar-refractivity contribution in [3.05, 3.63) is 48.0 Å². The molecule has 2 aromatic rings. The van der Waals surface area contributed by atoms with Gasteiger partial charge in [-0.05, 0) is 36.8 Å². The van der Waals surface area contributed by atoms with Crippen molar-refractivity contribution in [3.8, 4) is 17.2 Å². The third-order valence-corrected chi connectivity index (χ3v) is 5.17. The van der Waals surface area contributed by atoms with E-state index in [9.17, 15) is 18.4 Å². The average molecular weight is 448 g/mol. The van der Waals surface area contributed by atoms with Gasteiger partial charge in [0, 0.05) is 26.6 Å². The number of rotatable bonds is 9. The Kier molecular flexibility index (Phi) is 7.50. The molecule has 1 aliphatic rings. The van der Waals surface area contributed by atoms with E-state index in [4.69, 9.17) is 9.47 Å². The molecule has 2 aromatic carbocycles. The Bertz CT molecular complexity index is 969. The van der Waals surface area contributed by atoms with Crippen LogP contribution >= 0.6 is 0 Å². The van der Waals surface area contributed by atoms with Crippen LogP contribution in [0.1, 0.15) is 18.9 Å². The number of ether oxygens (including phenoxy) is 3. The molecule has 1 unspecified atom stereocenters. The molecule has 1 aliphatic heterocycles. The van der Waals surface area contributed by atoms with Gasteiger partial charge in [0.2, 0.25) is 11.8 Å². The molecular formula is C23H26F2N2O5. The number of halogens is 2. The second-order valence-corrected chi connectivity index (χ2v) is 7.36. The fourth-order valence-corrected chi connectivity index (χ4v) is 3.73. The topological polar surface area (TPSA) is 68.3 Å². The van der Waals surface area contributed by atoms with Crippen LogP contribution in [0.15, 0.2) is 42.5 Å². The molecule has 0 N–H and O–H groups in total. The number of para-hydroxylation sites is 2. The van der Waals surface area contributed by atoms with E-state index in [0.29, 0.717) is 17.0 Å². The highest BCUT2D eigenvalue weighted by Gasteiger charge is 2.37. The number of amides is 2.